The molecule has 0 aliphatic heterocycles. The number of hydrogen-bond acceptors (Lipinski definition) is 6. The Labute approximate surface area is 197 Å². The molecule has 3 rings (SSSR count). The molecule has 12 heteroatoms. The molecule has 0 atom stereocenters. The summed E-state index contributed by atoms with van der Waals surface area (Å²) in [6.07, 6.45) is 3.89. The van der Waals surface area contributed by atoms with E-state index in [0.29, 0.717) is 27.6 Å². The lowest BCUT2D eigenvalue weighted by Gasteiger charge is -2.24. The van der Waals surface area contributed by atoms with Crippen LogP contribution in [0.5, 0.6) is 0 Å². The van der Waals surface area contributed by atoms with Gasteiger partial charge in [-0.15, -0.1) is 0 Å². The molecular weight excluding hydrogens is 488 g/mol. The summed E-state index contributed by atoms with van der Waals surface area (Å²) in [6, 6.07) is 13.4. The van der Waals surface area contributed by atoms with Gasteiger partial charge in [-0.3, -0.25) is 18.8 Å². The fraction of sp³-hybridized carbons (Fsp3) is 0.143. The molecule has 3 aromatic rings. The molecule has 1 amide bonds. The number of pyridine rings is 1. The zero-order valence-electron chi connectivity index (χ0n) is 17.7. The van der Waals surface area contributed by atoms with Crippen LogP contribution in [-0.2, 0) is 24.8 Å². The van der Waals surface area contributed by atoms with E-state index in [9.17, 15) is 21.6 Å². The maximum Gasteiger partial charge on any atom is 0.261 e. The molecule has 174 valence electrons. The second kappa shape index (κ2) is 9.77. The molecule has 0 saturated heterocycles. The van der Waals surface area contributed by atoms with Crippen molar-refractivity contribution in [1.82, 2.24) is 4.98 Å². The van der Waals surface area contributed by atoms with Gasteiger partial charge in [0.25, 0.3) is 10.0 Å². The predicted octanol–water partition coefficient (Wildman–Crippen LogP) is 3.25. The van der Waals surface area contributed by atoms with Crippen LogP contribution in [-0.4, -0.2) is 40.5 Å². The molecule has 0 bridgehead atoms. The fourth-order valence-electron chi connectivity index (χ4n) is 2.93. The highest BCUT2D eigenvalue weighted by Gasteiger charge is 2.23. The Morgan fingerprint density at radius 1 is 1.00 bits per heavy atom. The highest BCUT2D eigenvalue weighted by Crippen LogP contribution is 2.28. The molecule has 0 aliphatic carbocycles. The molecule has 0 spiro atoms. The Kier molecular flexibility index (Phi) is 7.25. The second-order valence-electron chi connectivity index (χ2n) is 7.07. The standard InChI is InChI=1S/C21H21ClN4O5S2/c1-15-19(22)6-3-7-20(15)26(32(2,28)29)14-21(27)24-16-8-10-18(11-9-16)33(30,31)25-17-5-4-12-23-13-17/h3-13,25H,14H2,1-2H3,(H,24,27). The van der Waals surface area contributed by atoms with Crippen LogP contribution >= 0.6 is 11.6 Å². The number of carbonyl (C=O) groups is 1. The number of sulfonamides is 2. The van der Waals surface area contributed by atoms with Crippen LogP contribution in [0.1, 0.15) is 5.56 Å². The van der Waals surface area contributed by atoms with Crippen LogP contribution in [0.25, 0.3) is 0 Å². The smallest absolute Gasteiger partial charge is 0.261 e. The van der Waals surface area contributed by atoms with Crippen LogP contribution in [0.3, 0.4) is 0 Å². The van der Waals surface area contributed by atoms with Gasteiger partial charge in [-0.05, 0) is 61.0 Å². The number of rotatable bonds is 8. The summed E-state index contributed by atoms with van der Waals surface area (Å²) in [6.45, 7) is 1.18. The van der Waals surface area contributed by atoms with E-state index in [1.807, 2.05) is 0 Å². The molecule has 0 fully saturated rings. The Morgan fingerprint density at radius 2 is 1.70 bits per heavy atom. The largest absolute Gasteiger partial charge is 0.325 e. The lowest BCUT2D eigenvalue weighted by Crippen LogP contribution is -2.37. The van der Waals surface area contributed by atoms with E-state index in [-0.39, 0.29) is 4.90 Å². The first-order valence-corrected chi connectivity index (χ1v) is 13.2. The SMILES string of the molecule is Cc1c(Cl)cccc1N(CC(=O)Nc1ccc(S(=O)(=O)Nc2cccnc2)cc1)S(C)(=O)=O. The summed E-state index contributed by atoms with van der Waals surface area (Å²) in [4.78, 5) is 16.4. The lowest BCUT2D eigenvalue weighted by atomic mass is 10.2. The summed E-state index contributed by atoms with van der Waals surface area (Å²) >= 11 is 6.10. The fourth-order valence-corrected chi connectivity index (χ4v) is 5.05. The van der Waals surface area contributed by atoms with Crippen molar-refractivity contribution in [2.75, 3.05) is 27.1 Å². The Hall–Kier alpha value is -3.15. The average Bonchev–Trinajstić information content (AvgIpc) is 2.74. The third-order valence-corrected chi connectivity index (χ3v) is 7.49. The van der Waals surface area contributed by atoms with E-state index >= 15 is 0 Å². The minimum Gasteiger partial charge on any atom is -0.325 e. The molecule has 0 unspecified atom stereocenters. The van der Waals surface area contributed by atoms with Crippen molar-refractivity contribution in [3.8, 4) is 0 Å². The third-order valence-electron chi connectivity index (χ3n) is 4.56. The number of nitrogens with one attached hydrogen (secondary N) is 2. The summed E-state index contributed by atoms with van der Waals surface area (Å²) in [7, 11) is -7.62. The number of nitrogens with zero attached hydrogens (tertiary/aromatic N) is 2. The minimum atomic E-state index is -3.84. The summed E-state index contributed by atoms with van der Waals surface area (Å²) in [5, 5.41) is 2.95. The van der Waals surface area contributed by atoms with Gasteiger partial charge in [-0.2, -0.15) is 0 Å². The number of benzene rings is 2. The first-order chi connectivity index (χ1) is 15.5. The van der Waals surface area contributed by atoms with Crippen LogP contribution < -0.4 is 14.3 Å². The number of anilines is 3. The molecule has 33 heavy (non-hydrogen) atoms. The number of hydrogen-bond donors (Lipinski definition) is 2. The summed E-state index contributed by atoms with van der Waals surface area (Å²) < 4.78 is 53.0. The van der Waals surface area contributed by atoms with E-state index in [1.165, 1.54) is 36.7 Å². The Morgan fingerprint density at radius 3 is 2.30 bits per heavy atom. The van der Waals surface area contributed by atoms with Crippen molar-refractivity contribution in [3.63, 3.8) is 0 Å². The molecule has 0 aliphatic rings. The van der Waals surface area contributed by atoms with Crippen molar-refractivity contribution < 1.29 is 21.6 Å². The Balaban J connectivity index is 1.74. The van der Waals surface area contributed by atoms with Crippen molar-refractivity contribution in [2.24, 2.45) is 0 Å². The van der Waals surface area contributed by atoms with Crippen LogP contribution in [0.4, 0.5) is 17.1 Å². The molecular formula is C21H21ClN4O5S2. The molecule has 0 saturated carbocycles. The average molecular weight is 509 g/mol. The van der Waals surface area contributed by atoms with Crippen LogP contribution in [0, 0.1) is 6.92 Å². The quantitative estimate of drug-likeness (QED) is 0.481. The maximum atomic E-state index is 12.6. The van der Waals surface area contributed by atoms with Crippen molar-refractivity contribution in [2.45, 2.75) is 11.8 Å². The first kappa shape index (κ1) is 24.5. The number of halogens is 1. The van der Waals surface area contributed by atoms with Gasteiger partial charge in [-0.1, -0.05) is 17.7 Å². The molecule has 1 aromatic heterocycles. The monoisotopic (exact) mass is 508 g/mol. The van der Waals surface area contributed by atoms with Gasteiger partial charge in [0.15, 0.2) is 0 Å². The molecule has 2 aromatic carbocycles. The van der Waals surface area contributed by atoms with Gasteiger partial charge in [0.05, 0.1) is 28.7 Å². The minimum absolute atomic E-state index is 0.0170. The Bertz CT molecular complexity index is 1360. The van der Waals surface area contributed by atoms with Crippen molar-refractivity contribution in [3.05, 3.63) is 77.6 Å². The molecule has 9 nitrogen and oxygen atoms in total. The normalized spacial score (nSPS) is 11.6. The van der Waals surface area contributed by atoms with Gasteiger partial charge >= 0.3 is 0 Å². The van der Waals surface area contributed by atoms with E-state index in [0.717, 1.165) is 10.6 Å². The van der Waals surface area contributed by atoms with Gasteiger partial charge < -0.3 is 5.32 Å². The molecule has 0 radical (unpaired) electrons. The zero-order valence-corrected chi connectivity index (χ0v) is 20.1. The highest BCUT2D eigenvalue weighted by molar-refractivity contribution is 7.92. The van der Waals surface area contributed by atoms with E-state index < -0.39 is 32.5 Å². The van der Waals surface area contributed by atoms with Gasteiger partial charge in [-0.25, -0.2) is 16.8 Å². The van der Waals surface area contributed by atoms with E-state index in [4.69, 9.17) is 11.6 Å². The highest BCUT2D eigenvalue weighted by atomic mass is 35.5. The maximum absolute atomic E-state index is 12.6. The van der Waals surface area contributed by atoms with Crippen molar-refractivity contribution >= 4 is 54.6 Å². The molecule has 1 heterocycles. The lowest BCUT2D eigenvalue weighted by molar-refractivity contribution is -0.114. The van der Waals surface area contributed by atoms with Gasteiger partial charge in [0.1, 0.15) is 6.54 Å². The summed E-state index contributed by atoms with van der Waals surface area (Å²) in [5.41, 5.74) is 1.43. The van der Waals surface area contributed by atoms with Gasteiger partial charge in [0.2, 0.25) is 15.9 Å². The first-order valence-electron chi connectivity index (χ1n) is 9.53. The van der Waals surface area contributed by atoms with Gasteiger partial charge in [0, 0.05) is 16.9 Å². The van der Waals surface area contributed by atoms with Crippen molar-refractivity contribution in [1.29, 1.82) is 0 Å². The van der Waals surface area contributed by atoms with E-state index in [1.54, 1.807) is 37.3 Å². The second-order valence-corrected chi connectivity index (χ2v) is 11.1. The van der Waals surface area contributed by atoms with Crippen LogP contribution in [0.2, 0.25) is 5.02 Å². The topological polar surface area (TPSA) is 126 Å². The zero-order chi connectivity index (χ0) is 24.2. The van der Waals surface area contributed by atoms with E-state index in [2.05, 4.69) is 15.0 Å². The number of amides is 1. The number of carbonyl (C=O) groups excluding carboxylic acids is 1. The predicted molar refractivity (Wildman–Crippen MR) is 128 cm³/mol. The summed E-state index contributed by atoms with van der Waals surface area (Å²) in [5.74, 6) is -0.608. The third kappa shape index (κ3) is 6.21. The number of aromatic nitrogens is 1. The van der Waals surface area contributed by atoms with Crippen LogP contribution in [0.15, 0.2) is 71.9 Å². The molecule has 2 N–H and O–H groups in total.